The van der Waals surface area contributed by atoms with Crippen molar-refractivity contribution in [1.29, 1.82) is 0 Å². The first-order valence-electron chi connectivity index (χ1n) is 6.71. The lowest BCUT2D eigenvalue weighted by Gasteiger charge is -2.26. The molecule has 5 heteroatoms. The molecule has 0 bridgehead atoms. The van der Waals surface area contributed by atoms with Crippen LogP contribution >= 0.6 is 11.6 Å². The first-order valence-corrected chi connectivity index (χ1v) is 7.09. The Morgan fingerprint density at radius 2 is 2.20 bits per heavy atom. The highest BCUT2D eigenvalue weighted by Gasteiger charge is 2.26. The number of hydrogen-bond donors (Lipinski definition) is 1. The third-order valence-electron chi connectivity index (χ3n) is 3.62. The van der Waals surface area contributed by atoms with Gasteiger partial charge < -0.3 is 14.6 Å². The predicted octanol–water partition coefficient (Wildman–Crippen LogP) is 3.03. The van der Waals surface area contributed by atoms with Crippen molar-refractivity contribution in [2.45, 2.75) is 32.3 Å². The predicted molar refractivity (Wildman–Crippen MR) is 76.0 cm³/mol. The van der Waals surface area contributed by atoms with Crippen LogP contribution in [0.25, 0.3) is 0 Å². The van der Waals surface area contributed by atoms with Gasteiger partial charge in [-0.05, 0) is 43.4 Å². The Kier molecular flexibility index (Phi) is 4.89. The van der Waals surface area contributed by atoms with Crippen LogP contribution in [0.2, 0.25) is 5.02 Å². The van der Waals surface area contributed by atoms with Crippen LogP contribution in [-0.4, -0.2) is 24.8 Å². The minimum absolute atomic E-state index is 0.362. The van der Waals surface area contributed by atoms with Crippen LogP contribution in [0.5, 0.6) is 5.75 Å². The summed E-state index contributed by atoms with van der Waals surface area (Å²) in [6.07, 6.45) is 2.15. The number of aryl methyl sites for hydroxylation is 1. The van der Waals surface area contributed by atoms with Crippen LogP contribution < -0.4 is 4.74 Å². The van der Waals surface area contributed by atoms with Crippen molar-refractivity contribution in [2.24, 2.45) is 5.92 Å². The highest BCUT2D eigenvalue weighted by molar-refractivity contribution is 6.32. The summed E-state index contributed by atoms with van der Waals surface area (Å²) in [7, 11) is 1.23. The van der Waals surface area contributed by atoms with Crippen molar-refractivity contribution in [1.82, 2.24) is 0 Å². The summed E-state index contributed by atoms with van der Waals surface area (Å²) < 4.78 is 10.3. The van der Waals surface area contributed by atoms with E-state index in [9.17, 15) is 9.90 Å². The van der Waals surface area contributed by atoms with Crippen molar-refractivity contribution >= 4 is 17.6 Å². The summed E-state index contributed by atoms with van der Waals surface area (Å²) in [5.41, 5.74) is 1.21. The molecule has 1 unspecified atom stereocenters. The van der Waals surface area contributed by atoms with Crippen LogP contribution in [0, 0.1) is 12.8 Å². The Bertz CT molecular complexity index is 497. The zero-order chi connectivity index (χ0) is 14.7. The minimum atomic E-state index is -1.38. The SMILES string of the molecule is COC(=O)C(O)c1cc(C)cc(Cl)c1OCC1CCC1. The number of hydrogen-bond acceptors (Lipinski definition) is 4. The molecule has 1 N–H and O–H groups in total. The average Bonchev–Trinajstić information content (AvgIpc) is 2.36. The van der Waals surface area contributed by atoms with E-state index in [2.05, 4.69) is 4.74 Å². The van der Waals surface area contributed by atoms with Crippen molar-refractivity contribution in [2.75, 3.05) is 13.7 Å². The van der Waals surface area contributed by atoms with Crippen molar-refractivity contribution in [3.05, 3.63) is 28.3 Å². The average molecular weight is 299 g/mol. The topological polar surface area (TPSA) is 55.8 Å². The fourth-order valence-electron chi connectivity index (χ4n) is 2.21. The lowest BCUT2D eigenvalue weighted by Crippen LogP contribution is -2.21. The maximum Gasteiger partial charge on any atom is 0.339 e. The molecule has 1 aromatic rings. The molecular formula is C15H19ClO4. The molecule has 20 heavy (non-hydrogen) atoms. The molecule has 4 nitrogen and oxygen atoms in total. The molecule has 0 aromatic heterocycles. The van der Waals surface area contributed by atoms with Gasteiger partial charge in [-0.15, -0.1) is 0 Å². The van der Waals surface area contributed by atoms with E-state index in [1.165, 1.54) is 13.5 Å². The standard InChI is InChI=1S/C15H19ClO4/c1-9-6-11(13(17)15(18)19-2)14(12(16)7-9)20-8-10-4-3-5-10/h6-7,10,13,17H,3-5,8H2,1-2H3. The Morgan fingerprint density at radius 1 is 1.50 bits per heavy atom. The maximum absolute atomic E-state index is 11.5. The second kappa shape index (κ2) is 6.46. The van der Waals surface area contributed by atoms with Gasteiger partial charge in [0, 0.05) is 5.56 Å². The van der Waals surface area contributed by atoms with E-state index in [0.29, 0.717) is 28.9 Å². The highest BCUT2D eigenvalue weighted by Crippen LogP contribution is 2.36. The van der Waals surface area contributed by atoms with Gasteiger partial charge in [0.05, 0.1) is 18.7 Å². The van der Waals surface area contributed by atoms with E-state index in [1.807, 2.05) is 6.92 Å². The van der Waals surface area contributed by atoms with E-state index < -0.39 is 12.1 Å². The molecule has 0 spiro atoms. The molecule has 1 atom stereocenters. The van der Waals surface area contributed by atoms with E-state index in [4.69, 9.17) is 16.3 Å². The second-order valence-corrected chi connectivity index (χ2v) is 5.61. The molecule has 1 saturated carbocycles. The van der Waals surface area contributed by atoms with E-state index >= 15 is 0 Å². The molecule has 1 fully saturated rings. The summed E-state index contributed by atoms with van der Waals surface area (Å²) in [6.45, 7) is 2.40. The first-order chi connectivity index (χ1) is 9.52. The molecule has 0 radical (unpaired) electrons. The van der Waals surface area contributed by atoms with Crippen molar-refractivity contribution < 1.29 is 19.4 Å². The minimum Gasteiger partial charge on any atom is -0.491 e. The monoisotopic (exact) mass is 298 g/mol. The highest BCUT2D eigenvalue weighted by atomic mass is 35.5. The second-order valence-electron chi connectivity index (χ2n) is 5.20. The zero-order valence-electron chi connectivity index (χ0n) is 11.7. The largest absolute Gasteiger partial charge is 0.491 e. The summed E-state index contributed by atoms with van der Waals surface area (Å²) >= 11 is 6.18. The molecule has 110 valence electrons. The van der Waals surface area contributed by atoms with E-state index in [-0.39, 0.29) is 0 Å². The van der Waals surface area contributed by atoms with Gasteiger partial charge in [0.1, 0.15) is 5.75 Å². The van der Waals surface area contributed by atoms with Crippen LogP contribution in [0.15, 0.2) is 12.1 Å². The van der Waals surface area contributed by atoms with E-state index in [0.717, 1.165) is 18.4 Å². The van der Waals surface area contributed by atoms with Gasteiger partial charge in [-0.1, -0.05) is 18.0 Å². The molecule has 0 aliphatic heterocycles. The zero-order valence-corrected chi connectivity index (χ0v) is 12.4. The number of aliphatic hydroxyl groups excluding tert-OH is 1. The number of carbonyl (C=O) groups is 1. The number of aliphatic hydroxyl groups is 1. The molecular weight excluding hydrogens is 280 g/mol. The van der Waals surface area contributed by atoms with Gasteiger partial charge in [0.15, 0.2) is 6.10 Å². The Labute approximate surface area is 123 Å². The molecule has 2 rings (SSSR count). The molecule has 1 aliphatic carbocycles. The quantitative estimate of drug-likeness (QED) is 0.849. The first kappa shape index (κ1) is 15.1. The van der Waals surface area contributed by atoms with Crippen LogP contribution in [0.4, 0.5) is 0 Å². The van der Waals surface area contributed by atoms with Crippen molar-refractivity contribution in [3.8, 4) is 5.75 Å². The van der Waals surface area contributed by atoms with Gasteiger partial charge in [-0.3, -0.25) is 0 Å². The number of rotatable bonds is 5. The molecule has 0 heterocycles. The van der Waals surface area contributed by atoms with Gasteiger partial charge in [0.25, 0.3) is 0 Å². The number of halogens is 1. The Morgan fingerprint density at radius 3 is 2.75 bits per heavy atom. The van der Waals surface area contributed by atoms with Gasteiger partial charge >= 0.3 is 5.97 Å². The van der Waals surface area contributed by atoms with Gasteiger partial charge in [-0.25, -0.2) is 4.79 Å². The fraction of sp³-hybridized carbons (Fsp3) is 0.533. The van der Waals surface area contributed by atoms with Crippen molar-refractivity contribution in [3.63, 3.8) is 0 Å². The van der Waals surface area contributed by atoms with E-state index in [1.54, 1.807) is 12.1 Å². The summed E-state index contributed by atoms with van der Waals surface area (Å²) in [6, 6.07) is 3.45. The lowest BCUT2D eigenvalue weighted by atomic mass is 9.86. The number of carbonyl (C=O) groups excluding carboxylic acids is 1. The van der Waals surface area contributed by atoms with Gasteiger partial charge in [-0.2, -0.15) is 0 Å². The van der Waals surface area contributed by atoms with Gasteiger partial charge in [0.2, 0.25) is 0 Å². The summed E-state index contributed by atoms with van der Waals surface area (Å²) in [5, 5.41) is 10.4. The van der Waals surface area contributed by atoms with Crippen LogP contribution in [0.1, 0.15) is 36.5 Å². The number of benzene rings is 1. The fourth-order valence-corrected chi connectivity index (χ4v) is 2.55. The number of ether oxygens (including phenoxy) is 2. The Hall–Kier alpha value is -1.26. The van der Waals surface area contributed by atoms with Crippen LogP contribution in [-0.2, 0) is 9.53 Å². The third-order valence-corrected chi connectivity index (χ3v) is 3.90. The normalized spacial score (nSPS) is 16.4. The summed E-state index contributed by atoms with van der Waals surface area (Å²) in [5.74, 6) is 0.192. The lowest BCUT2D eigenvalue weighted by molar-refractivity contribution is -0.150. The molecule has 1 aliphatic rings. The smallest absolute Gasteiger partial charge is 0.339 e. The third kappa shape index (κ3) is 3.25. The maximum atomic E-state index is 11.5. The Balaban J connectivity index is 2.24. The number of methoxy groups -OCH3 is 1. The number of esters is 1. The molecule has 0 amide bonds. The molecule has 1 aromatic carbocycles. The molecule has 0 saturated heterocycles. The summed E-state index contributed by atoms with van der Waals surface area (Å²) in [4.78, 5) is 11.5. The van der Waals surface area contributed by atoms with Crippen LogP contribution in [0.3, 0.4) is 0 Å².